The van der Waals surface area contributed by atoms with Crippen LogP contribution < -0.4 is 0 Å². The highest BCUT2D eigenvalue weighted by Gasteiger charge is 2.32. The van der Waals surface area contributed by atoms with Gasteiger partial charge in [-0.3, -0.25) is 10.1 Å². The van der Waals surface area contributed by atoms with E-state index in [9.17, 15) is 20.2 Å². The Morgan fingerprint density at radius 2 is 2.15 bits per heavy atom. The molecule has 10 heteroatoms. The van der Waals surface area contributed by atoms with E-state index >= 15 is 0 Å². The number of benzene rings is 1. The summed E-state index contributed by atoms with van der Waals surface area (Å²) < 4.78 is 5.57. The van der Waals surface area contributed by atoms with Crippen LogP contribution in [0.1, 0.15) is 18.9 Å². The lowest BCUT2D eigenvalue weighted by atomic mass is 10.1. The molecular formula is C17H21N5O5. The second kappa shape index (κ2) is 8.12. The first-order chi connectivity index (χ1) is 12.9. The monoisotopic (exact) mass is 375 g/mol. The molecule has 0 N–H and O–H groups in total. The fourth-order valence-corrected chi connectivity index (χ4v) is 3.38. The number of nitrogens with zero attached hydrogens (tertiary/aromatic N) is 5. The van der Waals surface area contributed by atoms with Crippen molar-refractivity contribution in [2.45, 2.75) is 19.4 Å². The molecule has 0 aliphatic carbocycles. The maximum atomic E-state index is 11.0. The van der Waals surface area contributed by atoms with E-state index in [-0.39, 0.29) is 17.8 Å². The van der Waals surface area contributed by atoms with Crippen LogP contribution in [0.3, 0.4) is 0 Å². The van der Waals surface area contributed by atoms with Gasteiger partial charge < -0.3 is 14.5 Å². The summed E-state index contributed by atoms with van der Waals surface area (Å²) in [4.78, 5) is 25.0. The first-order valence-electron chi connectivity index (χ1n) is 8.71. The van der Waals surface area contributed by atoms with E-state index in [0.717, 1.165) is 6.42 Å². The first-order valence-corrected chi connectivity index (χ1v) is 8.71. The molecule has 0 aromatic heterocycles. The molecule has 27 heavy (non-hydrogen) atoms. The van der Waals surface area contributed by atoms with E-state index in [2.05, 4.69) is 5.10 Å². The van der Waals surface area contributed by atoms with Gasteiger partial charge in [-0.15, -0.1) is 0 Å². The maximum Gasteiger partial charge on any atom is 0.278 e. The Hall–Kier alpha value is -3.01. The molecule has 0 bridgehead atoms. The number of non-ortho nitro benzene ring substituents is 1. The number of nitro benzene ring substituents is 1. The molecule has 2 heterocycles. The summed E-state index contributed by atoms with van der Waals surface area (Å²) in [6, 6.07) is 6.20. The largest absolute Gasteiger partial charge is 0.378 e. The summed E-state index contributed by atoms with van der Waals surface area (Å²) in [5.74, 6) is 0.596. The molecular weight excluding hydrogens is 354 g/mol. The number of rotatable bonds is 6. The Kier molecular flexibility index (Phi) is 5.65. The molecule has 0 amide bonds. The number of hydrazone groups is 1. The summed E-state index contributed by atoms with van der Waals surface area (Å²) in [6.07, 6.45) is 4.49. The van der Waals surface area contributed by atoms with Crippen LogP contribution in [0.5, 0.6) is 0 Å². The zero-order valence-electron chi connectivity index (χ0n) is 14.9. The van der Waals surface area contributed by atoms with E-state index in [1.807, 2.05) is 11.8 Å². The van der Waals surface area contributed by atoms with Gasteiger partial charge in [0.05, 0.1) is 17.6 Å². The van der Waals surface area contributed by atoms with Gasteiger partial charge in [-0.2, -0.15) is 0 Å². The number of hydrogen-bond acceptors (Lipinski definition) is 5. The second-order valence-electron chi connectivity index (χ2n) is 6.69. The molecule has 2 aliphatic rings. The summed E-state index contributed by atoms with van der Waals surface area (Å²) >= 11 is 0. The van der Waals surface area contributed by atoms with E-state index < -0.39 is 9.96 Å². The second-order valence-corrected chi connectivity index (χ2v) is 6.69. The molecule has 144 valence electrons. The van der Waals surface area contributed by atoms with Crippen LogP contribution in [0.25, 0.3) is 6.08 Å². The van der Waals surface area contributed by atoms with Gasteiger partial charge in [0.25, 0.3) is 11.6 Å². The molecule has 1 aromatic rings. The lowest BCUT2D eigenvalue weighted by Crippen LogP contribution is -2.35. The third-order valence-corrected chi connectivity index (χ3v) is 4.61. The molecule has 2 unspecified atom stereocenters. The number of ether oxygens (including phenoxy) is 1. The average molecular weight is 375 g/mol. The van der Waals surface area contributed by atoms with Crippen LogP contribution in [-0.2, 0) is 4.74 Å². The van der Waals surface area contributed by atoms with Crippen molar-refractivity contribution < 1.29 is 14.7 Å². The highest BCUT2D eigenvalue weighted by molar-refractivity contribution is 5.83. The van der Waals surface area contributed by atoms with Crippen molar-refractivity contribution in [2.75, 3.05) is 26.2 Å². The topological polar surface area (TPSA) is 114 Å². The normalized spacial score (nSPS) is 24.3. The fraction of sp³-hybridized carbons (Fsp3) is 0.471. The van der Waals surface area contributed by atoms with Crippen molar-refractivity contribution >= 4 is 17.7 Å². The Bertz CT molecular complexity index is 781. The summed E-state index contributed by atoms with van der Waals surface area (Å²) in [5.41, 5.74) is 0.635. The van der Waals surface area contributed by atoms with Crippen molar-refractivity contribution in [3.8, 4) is 0 Å². The molecule has 2 fully saturated rings. The van der Waals surface area contributed by atoms with Crippen molar-refractivity contribution in [3.05, 3.63) is 56.3 Å². The Labute approximate surface area is 156 Å². The average Bonchev–Trinajstić information content (AvgIpc) is 3.20. The molecule has 2 aliphatic heterocycles. The van der Waals surface area contributed by atoms with Crippen LogP contribution in [0, 0.1) is 26.1 Å². The summed E-state index contributed by atoms with van der Waals surface area (Å²) in [5, 5.41) is 24.7. The number of hydrogen-bond donors (Lipinski definition) is 0. The molecule has 2 atom stereocenters. The van der Waals surface area contributed by atoms with Crippen LogP contribution in [0.2, 0.25) is 0 Å². The van der Waals surface area contributed by atoms with Gasteiger partial charge in [-0.25, -0.2) is 10.1 Å². The van der Waals surface area contributed by atoms with Crippen LogP contribution in [0.15, 0.2) is 35.6 Å². The zero-order valence-corrected chi connectivity index (χ0v) is 14.9. The third-order valence-electron chi connectivity index (χ3n) is 4.61. The molecule has 0 spiro atoms. The molecule has 0 saturated carbocycles. The van der Waals surface area contributed by atoms with Gasteiger partial charge in [0, 0.05) is 43.9 Å². The Balaban J connectivity index is 1.73. The van der Waals surface area contributed by atoms with E-state index in [1.54, 1.807) is 29.3 Å². The smallest absolute Gasteiger partial charge is 0.278 e. The Morgan fingerprint density at radius 3 is 2.81 bits per heavy atom. The van der Waals surface area contributed by atoms with Gasteiger partial charge in [0.1, 0.15) is 5.10 Å². The minimum absolute atomic E-state index is 0.00488. The number of guanidine groups is 1. The molecule has 0 radical (unpaired) electrons. The quantitative estimate of drug-likeness (QED) is 0.553. The SMILES string of the molecule is CC1CC(CN2CCN(C=Cc3cccc([N+](=O)[O-])c3)C2=N[N+](=O)[O-])CO1. The van der Waals surface area contributed by atoms with Gasteiger partial charge >= 0.3 is 0 Å². The third kappa shape index (κ3) is 4.79. The first kappa shape index (κ1) is 18.8. The van der Waals surface area contributed by atoms with Gasteiger partial charge in [0.15, 0.2) is 5.03 Å². The standard InChI is InChI=1S/C17H21N5O5/c1-13-9-15(12-27-13)11-20-8-7-19(17(20)18-22(25)26)6-5-14-3-2-4-16(10-14)21(23)24/h2-6,10,13,15H,7-9,11-12H2,1H3. The minimum atomic E-state index is -0.699. The van der Waals surface area contributed by atoms with Crippen molar-refractivity contribution in [1.82, 2.24) is 9.80 Å². The van der Waals surface area contributed by atoms with Gasteiger partial charge in [-0.05, 0) is 25.0 Å². The van der Waals surface area contributed by atoms with Crippen molar-refractivity contribution in [3.63, 3.8) is 0 Å². The fourth-order valence-electron chi connectivity index (χ4n) is 3.38. The van der Waals surface area contributed by atoms with Crippen LogP contribution in [0.4, 0.5) is 5.69 Å². The zero-order chi connectivity index (χ0) is 19.4. The minimum Gasteiger partial charge on any atom is -0.378 e. The highest BCUT2D eigenvalue weighted by atomic mass is 16.7. The summed E-state index contributed by atoms with van der Waals surface area (Å²) in [7, 11) is 0. The predicted octanol–water partition coefficient (Wildman–Crippen LogP) is 2.16. The lowest BCUT2D eigenvalue weighted by molar-refractivity contribution is -0.486. The molecule has 2 saturated heterocycles. The van der Waals surface area contributed by atoms with E-state index in [4.69, 9.17) is 4.74 Å². The van der Waals surface area contributed by atoms with Crippen LogP contribution in [-0.4, -0.2) is 58.1 Å². The van der Waals surface area contributed by atoms with Crippen LogP contribution >= 0.6 is 0 Å². The highest BCUT2D eigenvalue weighted by Crippen LogP contribution is 2.23. The molecule has 3 rings (SSSR count). The lowest BCUT2D eigenvalue weighted by Gasteiger charge is -2.21. The van der Waals surface area contributed by atoms with E-state index in [1.165, 1.54) is 12.1 Å². The number of nitro groups is 2. The van der Waals surface area contributed by atoms with Gasteiger partial charge in [0.2, 0.25) is 0 Å². The maximum absolute atomic E-state index is 11.0. The van der Waals surface area contributed by atoms with Crippen molar-refractivity contribution in [2.24, 2.45) is 11.0 Å². The van der Waals surface area contributed by atoms with Crippen molar-refractivity contribution in [1.29, 1.82) is 0 Å². The van der Waals surface area contributed by atoms with Gasteiger partial charge in [-0.1, -0.05) is 12.1 Å². The Morgan fingerprint density at radius 1 is 1.33 bits per heavy atom. The molecule has 1 aromatic carbocycles. The van der Waals surface area contributed by atoms with E-state index in [0.29, 0.717) is 37.7 Å². The summed E-state index contributed by atoms with van der Waals surface area (Å²) in [6.45, 7) is 4.49. The molecule has 10 nitrogen and oxygen atoms in total. The predicted molar refractivity (Wildman–Crippen MR) is 98.4 cm³/mol.